The average molecular weight is 351 g/mol. The van der Waals surface area contributed by atoms with Gasteiger partial charge in [-0.15, -0.1) is 0 Å². The van der Waals surface area contributed by atoms with Gasteiger partial charge in [0.15, 0.2) is 5.78 Å². The Hall–Kier alpha value is -1.88. The van der Waals surface area contributed by atoms with E-state index in [1.807, 2.05) is 26.0 Å². The van der Waals surface area contributed by atoms with E-state index in [1.54, 1.807) is 0 Å². The third-order valence-corrected chi connectivity index (χ3v) is 3.56. The van der Waals surface area contributed by atoms with Crippen LogP contribution in [0.4, 0.5) is 0 Å². The smallest absolute Gasteiger partial charge is 0.339 e. The summed E-state index contributed by atoms with van der Waals surface area (Å²) in [5.74, 6) is -1.60. The molecule has 0 radical (unpaired) electrons. The highest BCUT2D eigenvalue weighted by Crippen LogP contribution is 2.20. The van der Waals surface area contributed by atoms with E-state index >= 15 is 0 Å². The van der Waals surface area contributed by atoms with Gasteiger partial charge >= 0.3 is 5.97 Å². The molecule has 5 nitrogen and oxygen atoms in total. The molecule has 0 heterocycles. The van der Waals surface area contributed by atoms with E-state index in [2.05, 4.69) is 6.92 Å². The normalized spacial score (nSPS) is 10.3. The zero-order valence-electron chi connectivity index (χ0n) is 16.0. The van der Waals surface area contributed by atoms with Crippen molar-refractivity contribution in [3.05, 3.63) is 29.3 Å². The summed E-state index contributed by atoms with van der Waals surface area (Å²) < 4.78 is 0. The molecule has 2 N–H and O–H groups in total. The van der Waals surface area contributed by atoms with Gasteiger partial charge in [0.2, 0.25) is 0 Å². The molecule has 1 aromatic rings. The van der Waals surface area contributed by atoms with Crippen LogP contribution in [0.3, 0.4) is 0 Å². The number of ketones is 1. The zero-order chi connectivity index (χ0) is 19.2. The number of carboxylic acids is 1. The second-order valence-electron chi connectivity index (χ2n) is 6.67. The minimum atomic E-state index is -1.22. The minimum absolute atomic E-state index is 0.0638. The van der Waals surface area contributed by atoms with Crippen LogP contribution in [0.2, 0.25) is 0 Å². The molecule has 0 bridgehead atoms. The number of carbonyl (C=O) groups excluding carboxylic acids is 1. The number of nitrogens with zero attached hydrogens (tertiary/aromatic N) is 1. The van der Waals surface area contributed by atoms with Gasteiger partial charge in [0, 0.05) is 12.0 Å². The first-order valence-electron chi connectivity index (χ1n) is 9.00. The average Bonchev–Trinajstić information content (AvgIpc) is 2.53. The summed E-state index contributed by atoms with van der Waals surface area (Å²) in [6.45, 7) is 2.18. The summed E-state index contributed by atoms with van der Waals surface area (Å²) in [6, 6.07) is 3.99. The van der Waals surface area contributed by atoms with Crippen LogP contribution in [0.5, 0.6) is 5.75 Å². The van der Waals surface area contributed by atoms with Crippen LogP contribution in [-0.2, 0) is 0 Å². The standard InChI is InChI=1S/C17H24O4.C3H9N/c1-2-3-4-5-6-7-8-9-15(18)13-10-11-16(19)14(12-13)17(20)21;1-4(2)3/h10-12,19H,2-9H2,1H3,(H,20,21);1-3H3. The van der Waals surface area contributed by atoms with Gasteiger partial charge in [0.05, 0.1) is 0 Å². The third kappa shape index (κ3) is 11.3. The van der Waals surface area contributed by atoms with E-state index in [4.69, 9.17) is 5.11 Å². The van der Waals surface area contributed by atoms with Gasteiger partial charge < -0.3 is 15.1 Å². The Morgan fingerprint density at radius 1 is 0.960 bits per heavy atom. The second kappa shape index (κ2) is 13.4. The van der Waals surface area contributed by atoms with E-state index in [0.29, 0.717) is 12.0 Å². The monoisotopic (exact) mass is 351 g/mol. The lowest BCUT2D eigenvalue weighted by molar-refractivity contribution is 0.0693. The van der Waals surface area contributed by atoms with Crippen LogP contribution in [0.1, 0.15) is 79.0 Å². The van der Waals surface area contributed by atoms with E-state index in [-0.39, 0.29) is 17.1 Å². The van der Waals surface area contributed by atoms with E-state index < -0.39 is 5.97 Å². The number of hydrogen-bond acceptors (Lipinski definition) is 4. The number of unbranched alkanes of at least 4 members (excludes halogenated alkanes) is 6. The topological polar surface area (TPSA) is 77.8 Å². The first-order chi connectivity index (χ1) is 11.8. The minimum Gasteiger partial charge on any atom is -0.507 e. The van der Waals surface area contributed by atoms with Crippen molar-refractivity contribution >= 4 is 11.8 Å². The second-order valence-corrected chi connectivity index (χ2v) is 6.67. The number of hydrogen-bond donors (Lipinski definition) is 2. The highest BCUT2D eigenvalue weighted by molar-refractivity contribution is 5.99. The molecule has 1 aromatic carbocycles. The van der Waals surface area contributed by atoms with Crippen LogP contribution in [0.25, 0.3) is 0 Å². The molecule has 0 aliphatic heterocycles. The lowest BCUT2D eigenvalue weighted by Gasteiger charge is -2.04. The zero-order valence-corrected chi connectivity index (χ0v) is 16.0. The molecular formula is C20H33NO4. The van der Waals surface area contributed by atoms with Crippen molar-refractivity contribution in [1.29, 1.82) is 0 Å². The maximum Gasteiger partial charge on any atom is 0.339 e. The molecule has 0 saturated carbocycles. The van der Waals surface area contributed by atoms with E-state index in [9.17, 15) is 14.7 Å². The number of benzene rings is 1. The Labute approximate surface area is 151 Å². The van der Waals surface area contributed by atoms with Crippen LogP contribution >= 0.6 is 0 Å². The lowest BCUT2D eigenvalue weighted by atomic mass is 10.0. The molecular weight excluding hydrogens is 318 g/mol. The summed E-state index contributed by atoms with van der Waals surface area (Å²) in [5, 5.41) is 18.3. The molecule has 0 aliphatic carbocycles. The van der Waals surface area contributed by atoms with Crippen LogP contribution in [0.15, 0.2) is 18.2 Å². The van der Waals surface area contributed by atoms with Gasteiger partial charge in [-0.05, 0) is 45.8 Å². The van der Waals surface area contributed by atoms with E-state index in [0.717, 1.165) is 19.3 Å². The fourth-order valence-electron chi connectivity index (χ4n) is 2.27. The quantitative estimate of drug-likeness (QED) is 0.476. The highest BCUT2D eigenvalue weighted by Gasteiger charge is 2.13. The molecule has 1 rings (SSSR count). The lowest BCUT2D eigenvalue weighted by Crippen LogP contribution is -2.03. The maximum absolute atomic E-state index is 12.0. The molecule has 0 unspecified atom stereocenters. The summed E-state index contributed by atoms with van der Waals surface area (Å²) in [4.78, 5) is 24.9. The number of phenols is 1. The van der Waals surface area contributed by atoms with Crippen molar-refractivity contribution in [3.63, 3.8) is 0 Å². The van der Waals surface area contributed by atoms with Crippen molar-refractivity contribution < 1.29 is 19.8 Å². The Morgan fingerprint density at radius 3 is 2.00 bits per heavy atom. The van der Waals surface area contributed by atoms with E-state index in [1.165, 1.54) is 43.9 Å². The van der Waals surface area contributed by atoms with Crippen molar-refractivity contribution in [1.82, 2.24) is 4.90 Å². The predicted molar refractivity (Wildman–Crippen MR) is 102 cm³/mol. The van der Waals surface area contributed by atoms with Crippen molar-refractivity contribution in [2.45, 2.75) is 58.3 Å². The van der Waals surface area contributed by atoms with Crippen molar-refractivity contribution in [2.75, 3.05) is 21.1 Å². The summed E-state index contributed by atoms with van der Waals surface area (Å²) in [5.41, 5.74) is 0.136. The molecule has 0 amide bonds. The summed E-state index contributed by atoms with van der Waals surface area (Å²) >= 11 is 0. The SMILES string of the molecule is CCCCCCCCCC(=O)c1ccc(O)c(C(=O)O)c1.CN(C)C. The molecule has 0 saturated heterocycles. The van der Waals surface area contributed by atoms with Gasteiger partial charge in [0.25, 0.3) is 0 Å². The van der Waals surface area contributed by atoms with Crippen LogP contribution < -0.4 is 0 Å². The highest BCUT2D eigenvalue weighted by atomic mass is 16.4. The van der Waals surface area contributed by atoms with Crippen molar-refractivity contribution in [2.24, 2.45) is 0 Å². The third-order valence-electron chi connectivity index (χ3n) is 3.56. The molecule has 25 heavy (non-hydrogen) atoms. The largest absolute Gasteiger partial charge is 0.507 e. The van der Waals surface area contributed by atoms with Gasteiger partial charge in [-0.2, -0.15) is 0 Å². The number of Topliss-reactive ketones (excluding diaryl/α,β-unsaturated/α-hetero) is 1. The number of rotatable bonds is 10. The molecule has 0 aromatic heterocycles. The molecule has 142 valence electrons. The van der Waals surface area contributed by atoms with Gasteiger partial charge in [-0.25, -0.2) is 4.79 Å². The molecule has 0 aliphatic rings. The number of carboxylic acid groups (broad SMARTS) is 1. The molecule has 0 spiro atoms. The Kier molecular flexibility index (Phi) is 12.4. The first kappa shape index (κ1) is 23.1. The summed E-state index contributed by atoms with van der Waals surface area (Å²) in [6.07, 6.45) is 8.39. The molecule has 5 heteroatoms. The maximum atomic E-state index is 12.0. The van der Waals surface area contributed by atoms with Gasteiger partial charge in [-0.1, -0.05) is 45.4 Å². The molecule has 0 atom stereocenters. The summed E-state index contributed by atoms with van der Waals surface area (Å²) in [7, 11) is 6.00. The van der Waals surface area contributed by atoms with Gasteiger partial charge in [0.1, 0.15) is 11.3 Å². The number of aromatic hydroxyl groups is 1. The Morgan fingerprint density at radius 2 is 1.48 bits per heavy atom. The molecule has 0 fully saturated rings. The number of carbonyl (C=O) groups is 2. The van der Waals surface area contributed by atoms with Crippen LogP contribution in [-0.4, -0.2) is 48.0 Å². The number of aromatic carboxylic acids is 1. The van der Waals surface area contributed by atoms with Gasteiger partial charge in [-0.3, -0.25) is 4.79 Å². The Balaban J connectivity index is 0.00000129. The first-order valence-corrected chi connectivity index (χ1v) is 9.00. The fraction of sp³-hybridized carbons (Fsp3) is 0.600. The fourth-order valence-corrected chi connectivity index (χ4v) is 2.27. The Bertz CT molecular complexity index is 524. The van der Waals surface area contributed by atoms with Crippen molar-refractivity contribution in [3.8, 4) is 5.75 Å². The van der Waals surface area contributed by atoms with Crippen LogP contribution in [0, 0.1) is 0 Å². The predicted octanol–water partition coefficient (Wildman–Crippen LogP) is 4.59.